The third-order valence-corrected chi connectivity index (χ3v) is 4.24. The normalized spacial score (nSPS) is 11.5. The van der Waals surface area contributed by atoms with Crippen LogP contribution in [0.15, 0.2) is 24.3 Å². The second-order valence-corrected chi connectivity index (χ2v) is 6.31. The van der Waals surface area contributed by atoms with Gasteiger partial charge in [0, 0.05) is 5.69 Å². The van der Waals surface area contributed by atoms with Crippen molar-refractivity contribution in [2.24, 2.45) is 0 Å². The number of H-pyrrole nitrogens is 1. The monoisotopic (exact) mass is 403 g/mol. The number of hydrogen-bond acceptors (Lipinski definition) is 7. The van der Waals surface area contributed by atoms with E-state index in [1.165, 1.54) is 14.0 Å². The van der Waals surface area contributed by atoms with Gasteiger partial charge in [-0.3, -0.25) is 4.79 Å². The fourth-order valence-electron chi connectivity index (χ4n) is 2.83. The molecule has 0 aliphatic heterocycles. The number of aromatic amines is 1. The summed E-state index contributed by atoms with van der Waals surface area (Å²) < 4.78 is 20.6. The molecular weight excluding hydrogens is 378 g/mol. The van der Waals surface area contributed by atoms with E-state index in [0.717, 1.165) is 0 Å². The maximum absolute atomic E-state index is 12.6. The highest BCUT2D eigenvalue weighted by Gasteiger charge is 2.27. The van der Waals surface area contributed by atoms with Gasteiger partial charge in [-0.05, 0) is 57.5 Å². The first kappa shape index (κ1) is 22.0. The van der Waals surface area contributed by atoms with E-state index in [1.807, 2.05) is 6.92 Å². The highest BCUT2D eigenvalue weighted by molar-refractivity contribution is 6.03. The second kappa shape index (κ2) is 9.77. The molecular formula is C21H25NO7. The maximum Gasteiger partial charge on any atom is 0.344 e. The Balaban J connectivity index is 1.95. The van der Waals surface area contributed by atoms with Crippen molar-refractivity contribution >= 4 is 17.7 Å². The fraction of sp³-hybridized carbons (Fsp3) is 0.381. The summed E-state index contributed by atoms with van der Waals surface area (Å²) in [5, 5.41) is 0. The summed E-state index contributed by atoms with van der Waals surface area (Å²) in [6.45, 7) is 6.85. The highest BCUT2D eigenvalue weighted by Crippen LogP contribution is 2.21. The zero-order valence-corrected chi connectivity index (χ0v) is 17.2. The minimum atomic E-state index is -1.05. The van der Waals surface area contributed by atoms with E-state index in [4.69, 9.17) is 18.9 Å². The van der Waals surface area contributed by atoms with Gasteiger partial charge < -0.3 is 23.9 Å². The average molecular weight is 403 g/mol. The summed E-state index contributed by atoms with van der Waals surface area (Å²) in [6.07, 6.45) is -1.05. The van der Waals surface area contributed by atoms with E-state index in [0.29, 0.717) is 34.9 Å². The number of aromatic nitrogens is 1. The molecule has 29 heavy (non-hydrogen) atoms. The molecule has 0 amide bonds. The summed E-state index contributed by atoms with van der Waals surface area (Å²) in [6, 6.07) is 6.80. The first-order chi connectivity index (χ1) is 13.8. The molecule has 8 nitrogen and oxygen atoms in total. The number of esters is 2. The molecule has 0 saturated carbocycles. The molecule has 1 heterocycles. The summed E-state index contributed by atoms with van der Waals surface area (Å²) in [7, 11) is 1.27. The number of aryl methyl sites for hydroxylation is 1. The quantitative estimate of drug-likeness (QED) is 0.507. The lowest BCUT2D eigenvalue weighted by atomic mass is 10.1. The van der Waals surface area contributed by atoms with E-state index in [9.17, 15) is 14.4 Å². The van der Waals surface area contributed by atoms with E-state index >= 15 is 0 Å². The van der Waals surface area contributed by atoms with Gasteiger partial charge in [0.15, 0.2) is 12.7 Å². The first-order valence-corrected chi connectivity index (χ1v) is 9.15. The van der Waals surface area contributed by atoms with Gasteiger partial charge in [-0.25, -0.2) is 9.59 Å². The van der Waals surface area contributed by atoms with Crippen LogP contribution in [0.25, 0.3) is 0 Å². The number of ether oxygens (including phenoxy) is 4. The van der Waals surface area contributed by atoms with Crippen LogP contribution in [0, 0.1) is 13.8 Å². The zero-order valence-electron chi connectivity index (χ0n) is 17.2. The lowest BCUT2D eigenvalue weighted by Crippen LogP contribution is -2.28. The smallest absolute Gasteiger partial charge is 0.344 e. The lowest BCUT2D eigenvalue weighted by molar-refractivity contribution is -0.148. The molecule has 0 aliphatic rings. The van der Waals surface area contributed by atoms with Gasteiger partial charge in [-0.15, -0.1) is 0 Å². The molecule has 1 N–H and O–H groups in total. The average Bonchev–Trinajstić information content (AvgIpc) is 3.00. The van der Waals surface area contributed by atoms with Gasteiger partial charge >= 0.3 is 11.9 Å². The molecule has 8 heteroatoms. The van der Waals surface area contributed by atoms with Crippen LogP contribution >= 0.6 is 0 Å². The molecule has 0 spiro atoms. The molecule has 0 unspecified atom stereocenters. The van der Waals surface area contributed by atoms with Crippen molar-refractivity contribution in [1.82, 2.24) is 4.98 Å². The number of nitrogens with one attached hydrogen (secondary N) is 1. The van der Waals surface area contributed by atoms with Crippen LogP contribution in [-0.4, -0.2) is 49.1 Å². The van der Waals surface area contributed by atoms with Crippen LogP contribution < -0.4 is 9.47 Å². The maximum atomic E-state index is 12.6. The van der Waals surface area contributed by atoms with Gasteiger partial charge in [-0.2, -0.15) is 0 Å². The molecule has 0 radical (unpaired) electrons. The first-order valence-electron chi connectivity index (χ1n) is 9.15. The minimum Gasteiger partial charge on any atom is -0.494 e. The van der Waals surface area contributed by atoms with Crippen LogP contribution in [0.1, 0.15) is 46.0 Å². The number of carbonyl (C=O) groups is 3. The number of rotatable bonds is 9. The van der Waals surface area contributed by atoms with Crippen molar-refractivity contribution < 1.29 is 33.3 Å². The predicted molar refractivity (Wildman–Crippen MR) is 105 cm³/mol. The Bertz CT molecular complexity index is 883. The summed E-state index contributed by atoms with van der Waals surface area (Å²) in [5.74, 6) is -0.500. The molecule has 2 aromatic rings. The number of ketones is 1. The van der Waals surface area contributed by atoms with Gasteiger partial charge in [0.1, 0.15) is 11.5 Å². The molecule has 156 valence electrons. The summed E-state index contributed by atoms with van der Waals surface area (Å²) in [4.78, 5) is 39.4. The van der Waals surface area contributed by atoms with Gasteiger partial charge in [0.05, 0.1) is 25.0 Å². The Kier molecular flexibility index (Phi) is 7.41. The molecule has 0 saturated heterocycles. The third-order valence-electron chi connectivity index (χ3n) is 4.24. The standard InChI is InChI=1S/C21H25NO7/c1-6-27-15-7-9-16(10-8-15)28-11-17(23)29-14(4)20(24)19-12(2)18(13(3)22-19)21(25)26-5/h7-10,14,22H,6,11H2,1-5H3/t14-/m0/s1. The van der Waals surface area contributed by atoms with Crippen LogP contribution in [-0.2, 0) is 14.3 Å². The fourth-order valence-corrected chi connectivity index (χ4v) is 2.83. The molecule has 0 bridgehead atoms. The van der Waals surface area contributed by atoms with Crippen LogP contribution in [0.2, 0.25) is 0 Å². The lowest BCUT2D eigenvalue weighted by Gasteiger charge is -2.13. The van der Waals surface area contributed by atoms with Crippen LogP contribution in [0.4, 0.5) is 0 Å². The number of Topliss-reactive ketones (excluding diaryl/α,β-unsaturated/α-hetero) is 1. The Morgan fingerprint density at radius 2 is 1.62 bits per heavy atom. The highest BCUT2D eigenvalue weighted by atomic mass is 16.6. The van der Waals surface area contributed by atoms with E-state index in [-0.39, 0.29) is 12.3 Å². The Morgan fingerprint density at radius 3 is 2.17 bits per heavy atom. The van der Waals surface area contributed by atoms with Gasteiger partial charge in [0.2, 0.25) is 5.78 Å². The molecule has 0 aliphatic carbocycles. The van der Waals surface area contributed by atoms with Crippen molar-refractivity contribution in [3.8, 4) is 11.5 Å². The largest absolute Gasteiger partial charge is 0.494 e. The van der Waals surface area contributed by atoms with Gasteiger partial charge in [0.25, 0.3) is 0 Å². The SMILES string of the molecule is CCOc1ccc(OCC(=O)O[C@@H](C)C(=O)c2[nH]c(C)c(C(=O)OC)c2C)cc1. The van der Waals surface area contributed by atoms with Gasteiger partial charge in [-0.1, -0.05) is 0 Å². The predicted octanol–water partition coefficient (Wildman–Crippen LogP) is 3.01. The third kappa shape index (κ3) is 5.37. The van der Waals surface area contributed by atoms with Crippen LogP contribution in [0.5, 0.6) is 11.5 Å². The second-order valence-electron chi connectivity index (χ2n) is 6.31. The molecule has 0 fully saturated rings. The number of methoxy groups -OCH3 is 1. The number of benzene rings is 1. The van der Waals surface area contributed by atoms with Crippen molar-refractivity contribution in [1.29, 1.82) is 0 Å². The van der Waals surface area contributed by atoms with Crippen molar-refractivity contribution in [2.75, 3.05) is 20.3 Å². The molecule has 2 rings (SSSR count). The number of hydrogen-bond donors (Lipinski definition) is 1. The summed E-state index contributed by atoms with van der Waals surface area (Å²) >= 11 is 0. The Morgan fingerprint density at radius 1 is 1.03 bits per heavy atom. The Hall–Kier alpha value is -3.29. The molecule has 1 aromatic carbocycles. The summed E-state index contributed by atoms with van der Waals surface area (Å²) in [5.41, 5.74) is 1.46. The van der Waals surface area contributed by atoms with Crippen molar-refractivity contribution in [2.45, 2.75) is 33.8 Å². The Labute approximate surface area is 169 Å². The minimum absolute atomic E-state index is 0.204. The van der Waals surface area contributed by atoms with E-state index in [2.05, 4.69) is 4.98 Å². The van der Waals surface area contributed by atoms with E-state index in [1.54, 1.807) is 38.1 Å². The van der Waals surface area contributed by atoms with E-state index < -0.39 is 23.8 Å². The zero-order chi connectivity index (χ0) is 21.6. The van der Waals surface area contributed by atoms with Crippen molar-refractivity contribution in [3.05, 3.63) is 46.8 Å². The topological polar surface area (TPSA) is 104 Å². The van der Waals surface area contributed by atoms with Crippen molar-refractivity contribution in [3.63, 3.8) is 0 Å². The number of carbonyl (C=O) groups excluding carboxylic acids is 3. The van der Waals surface area contributed by atoms with Crippen LogP contribution in [0.3, 0.4) is 0 Å². The molecule has 1 atom stereocenters. The molecule has 1 aromatic heterocycles.